The van der Waals surface area contributed by atoms with Crippen molar-refractivity contribution < 1.29 is 4.79 Å². The summed E-state index contributed by atoms with van der Waals surface area (Å²) in [6, 6.07) is 5.47. The van der Waals surface area contributed by atoms with Crippen LogP contribution in [0.2, 0.25) is 0 Å². The fourth-order valence-electron chi connectivity index (χ4n) is 2.78. The fraction of sp³-hybridized carbons (Fsp3) is 0.562. The molecular weight excluding hydrogens is 250 g/mol. The second-order valence-electron chi connectivity index (χ2n) is 5.96. The van der Waals surface area contributed by atoms with Crippen LogP contribution >= 0.6 is 0 Å². The SMILES string of the molecule is Cc1cc(N)cc(C(=O)NCC(C)CN2CCCC2)c1. The lowest BCUT2D eigenvalue weighted by Gasteiger charge is -2.20. The first-order chi connectivity index (χ1) is 9.54. The van der Waals surface area contributed by atoms with Crippen LogP contribution in [-0.4, -0.2) is 37.0 Å². The van der Waals surface area contributed by atoms with Gasteiger partial charge in [-0.3, -0.25) is 4.79 Å². The first kappa shape index (κ1) is 14.9. The van der Waals surface area contributed by atoms with E-state index in [0.717, 1.165) is 12.1 Å². The third-order valence-electron chi connectivity index (χ3n) is 3.74. The van der Waals surface area contributed by atoms with Crippen LogP contribution in [0.4, 0.5) is 5.69 Å². The minimum absolute atomic E-state index is 0.0336. The van der Waals surface area contributed by atoms with Gasteiger partial charge in [-0.15, -0.1) is 0 Å². The third kappa shape index (κ3) is 4.23. The summed E-state index contributed by atoms with van der Waals surface area (Å²) >= 11 is 0. The Balaban J connectivity index is 1.81. The van der Waals surface area contributed by atoms with Crippen molar-refractivity contribution in [1.82, 2.24) is 10.2 Å². The first-order valence-electron chi connectivity index (χ1n) is 7.42. The first-order valence-corrected chi connectivity index (χ1v) is 7.42. The number of carbonyl (C=O) groups excluding carboxylic acids is 1. The zero-order valence-electron chi connectivity index (χ0n) is 12.5. The number of amides is 1. The quantitative estimate of drug-likeness (QED) is 0.809. The highest BCUT2D eigenvalue weighted by molar-refractivity contribution is 5.95. The number of rotatable bonds is 5. The maximum absolute atomic E-state index is 12.1. The van der Waals surface area contributed by atoms with Crippen LogP contribution in [0.1, 0.15) is 35.7 Å². The normalized spacial score (nSPS) is 17.1. The Kier molecular flexibility index (Phi) is 5.01. The molecule has 1 aromatic carbocycles. The van der Waals surface area contributed by atoms with Crippen molar-refractivity contribution in [3.8, 4) is 0 Å². The van der Waals surface area contributed by atoms with Gasteiger partial charge in [-0.2, -0.15) is 0 Å². The molecule has 1 atom stereocenters. The molecule has 1 fully saturated rings. The molecule has 0 bridgehead atoms. The molecule has 2 rings (SSSR count). The molecule has 1 unspecified atom stereocenters. The predicted molar refractivity (Wildman–Crippen MR) is 82.8 cm³/mol. The average Bonchev–Trinajstić information content (AvgIpc) is 2.87. The molecule has 0 aromatic heterocycles. The summed E-state index contributed by atoms with van der Waals surface area (Å²) < 4.78 is 0. The Morgan fingerprint density at radius 3 is 2.70 bits per heavy atom. The van der Waals surface area contributed by atoms with E-state index in [1.54, 1.807) is 6.07 Å². The zero-order valence-corrected chi connectivity index (χ0v) is 12.5. The molecule has 0 aliphatic carbocycles. The van der Waals surface area contributed by atoms with Crippen LogP contribution in [0.25, 0.3) is 0 Å². The number of carbonyl (C=O) groups is 1. The van der Waals surface area contributed by atoms with E-state index in [2.05, 4.69) is 17.1 Å². The Bertz CT molecular complexity index is 447. The van der Waals surface area contributed by atoms with Crippen LogP contribution in [0.3, 0.4) is 0 Å². The Morgan fingerprint density at radius 2 is 2.05 bits per heavy atom. The van der Waals surface area contributed by atoms with Gasteiger partial charge in [0.1, 0.15) is 0 Å². The molecule has 4 heteroatoms. The number of hydrogen-bond donors (Lipinski definition) is 2. The molecule has 20 heavy (non-hydrogen) atoms. The summed E-state index contributed by atoms with van der Waals surface area (Å²) in [7, 11) is 0. The van der Waals surface area contributed by atoms with Gasteiger partial charge in [-0.25, -0.2) is 0 Å². The Labute approximate surface area is 121 Å². The van der Waals surface area contributed by atoms with Gasteiger partial charge in [-0.1, -0.05) is 6.92 Å². The fourth-order valence-corrected chi connectivity index (χ4v) is 2.78. The van der Waals surface area contributed by atoms with Gasteiger partial charge in [0.2, 0.25) is 0 Å². The van der Waals surface area contributed by atoms with Gasteiger partial charge >= 0.3 is 0 Å². The standard InChI is InChI=1S/C16H25N3O/c1-12-7-14(9-15(17)8-12)16(20)18-10-13(2)11-19-5-3-4-6-19/h7-9,13H,3-6,10-11,17H2,1-2H3,(H,18,20). The van der Waals surface area contributed by atoms with Crippen molar-refractivity contribution in [3.63, 3.8) is 0 Å². The predicted octanol–water partition coefficient (Wildman–Crippen LogP) is 2.04. The van der Waals surface area contributed by atoms with Crippen molar-refractivity contribution >= 4 is 11.6 Å². The molecule has 0 spiro atoms. The van der Waals surface area contributed by atoms with E-state index < -0.39 is 0 Å². The molecular formula is C16H25N3O. The van der Waals surface area contributed by atoms with Gasteiger partial charge in [0.05, 0.1) is 0 Å². The summed E-state index contributed by atoms with van der Waals surface area (Å²) in [5.74, 6) is 0.438. The molecule has 0 radical (unpaired) electrons. The van der Waals surface area contributed by atoms with E-state index >= 15 is 0 Å². The van der Waals surface area contributed by atoms with Crippen molar-refractivity contribution in [2.24, 2.45) is 5.92 Å². The number of nitrogens with two attached hydrogens (primary N) is 1. The summed E-state index contributed by atoms with van der Waals surface area (Å²) in [5, 5.41) is 3.01. The number of nitrogen functional groups attached to an aromatic ring is 1. The minimum Gasteiger partial charge on any atom is -0.399 e. The van der Waals surface area contributed by atoms with Gasteiger partial charge in [-0.05, 0) is 62.5 Å². The van der Waals surface area contributed by atoms with E-state index in [4.69, 9.17) is 5.73 Å². The van der Waals surface area contributed by atoms with Crippen LogP contribution in [-0.2, 0) is 0 Å². The summed E-state index contributed by atoms with van der Waals surface area (Å²) in [4.78, 5) is 14.6. The van der Waals surface area contributed by atoms with Gasteiger partial charge < -0.3 is 16.0 Å². The van der Waals surface area contributed by atoms with Gasteiger partial charge in [0.25, 0.3) is 5.91 Å². The highest BCUT2D eigenvalue weighted by atomic mass is 16.1. The van der Waals surface area contributed by atoms with Gasteiger partial charge in [0, 0.05) is 24.3 Å². The van der Waals surface area contributed by atoms with E-state index in [9.17, 15) is 4.79 Å². The van der Waals surface area contributed by atoms with Gasteiger partial charge in [0.15, 0.2) is 0 Å². The minimum atomic E-state index is -0.0336. The Hall–Kier alpha value is -1.55. The number of aryl methyl sites for hydroxylation is 1. The number of hydrogen-bond acceptors (Lipinski definition) is 3. The second kappa shape index (κ2) is 6.75. The molecule has 4 nitrogen and oxygen atoms in total. The zero-order chi connectivity index (χ0) is 14.5. The average molecular weight is 275 g/mol. The number of nitrogens with zero attached hydrogens (tertiary/aromatic N) is 1. The summed E-state index contributed by atoms with van der Waals surface area (Å²) in [6.07, 6.45) is 2.61. The molecule has 3 N–H and O–H groups in total. The monoisotopic (exact) mass is 275 g/mol. The lowest BCUT2D eigenvalue weighted by Crippen LogP contribution is -2.34. The van der Waals surface area contributed by atoms with Crippen LogP contribution in [0.15, 0.2) is 18.2 Å². The molecule has 1 heterocycles. The van der Waals surface area contributed by atoms with E-state index in [0.29, 0.717) is 23.7 Å². The number of anilines is 1. The molecule has 1 saturated heterocycles. The van der Waals surface area contributed by atoms with Crippen molar-refractivity contribution in [2.75, 3.05) is 31.9 Å². The van der Waals surface area contributed by atoms with Crippen LogP contribution in [0, 0.1) is 12.8 Å². The lowest BCUT2D eigenvalue weighted by molar-refractivity contribution is 0.0945. The van der Waals surface area contributed by atoms with Crippen LogP contribution < -0.4 is 11.1 Å². The second-order valence-corrected chi connectivity index (χ2v) is 5.96. The number of benzene rings is 1. The maximum Gasteiger partial charge on any atom is 0.251 e. The lowest BCUT2D eigenvalue weighted by atomic mass is 10.1. The Morgan fingerprint density at radius 1 is 1.35 bits per heavy atom. The maximum atomic E-state index is 12.1. The smallest absolute Gasteiger partial charge is 0.251 e. The molecule has 1 aliphatic rings. The van der Waals surface area contributed by atoms with E-state index in [-0.39, 0.29) is 5.91 Å². The molecule has 0 saturated carbocycles. The highest BCUT2D eigenvalue weighted by Gasteiger charge is 2.15. The highest BCUT2D eigenvalue weighted by Crippen LogP contribution is 2.12. The largest absolute Gasteiger partial charge is 0.399 e. The summed E-state index contributed by atoms with van der Waals surface area (Å²) in [5.41, 5.74) is 8.08. The number of nitrogens with one attached hydrogen (secondary N) is 1. The number of likely N-dealkylation sites (tertiary alicyclic amines) is 1. The third-order valence-corrected chi connectivity index (χ3v) is 3.74. The molecule has 110 valence electrons. The molecule has 1 aromatic rings. The van der Waals surface area contributed by atoms with Crippen molar-refractivity contribution in [2.45, 2.75) is 26.7 Å². The topological polar surface area (TPSA) is 58.4 Å². The van der Waals surface area contributed by atoms with Crippen molar-refractivity contribution in [3.05, 3.63) is 29.3 Å². The van der Waals surface area contributed by atoms with Crippen molar-refractivity contribution in [1.29, 1.82) is 0 Å². The van der Waals surface area contributed by atoms with Crippen LogP contribution in [0.5, 0.6) is 0 Å². The molecule has 1 aliphatic heterocycles. The summed E-state index contributed by atoms with van der Waals surface area (Å²) in [6.45, 7) is 8.31. The van der Waals surface area contributed by atoms with E-state index in [1.165, 1.54) is 25.9 Å². The van der Waals surface area contributed by atoms with E-state index in [1.807, 2.05) is 19.1 Å². The molecule has 1 amide bonds.